The summed E-state index contributed by atoms with van der Waals surface area (Å²) in [6.45, 7) is 1.20. The Balaban J connectivity index is 1.47. The van der Waals surface area contributed by atoms with Crippen LogP contribution >= 0.6 is 0 Å². The van der Waals surface area contributed by atoms with Gasteiger partial charge in [-0.05, 0) is 24.1 Å². The molecule has 6 heteroatoms. The van der Waals surface area contributed by atoms with Crippen LogP contribution in [0.3, 0.4) is 0 Å². The van der Waals surface area contributed by atoms with Crippen molar-refractivity contribution in [1.29, 1.82) is 0 Å². The maximum absolute atomic E-state index is 12.7. The molecule has 0 saturated carbocycles. The average Bonchev–Trinajstić information content (AvgIpc) is 3.15. The van der Waals surface area contributed by atoms with Gasteiger partial charge in [0, 0.05) is 24.5 Å². The van der Waals surface area contributed by atoms with Gasteiger partial charge in [0.25, 0.3) is 5.91 Å². The molecule has 3 aromatic rings. The van der Waals surface area contributed by atoms with E-state index < -0.39 is 0 Å². The molecule has 0 bridgehead atoms. The van der Waals surface area contributed by atoms with Crippen LogP contribution in [-0.4, -0.2) is 47.5 Å². The lowest BCUT2D eigenvalue weighted by atomic mass is 10.1. The van der Waals surface area contributed by atoms with Crippen LogP contribution in [0, 0.1) is 0 Å². The van der Waals surface area contributed by atoms with Crippen LogP contribution in [0.25, 0.3) is 10.9 Å². The van der Waals surface area contributed by atoms with Crippen LogP contribution in [0.5, 0.6) is 0 Å². The summed E-state index contributed by atoms with van der Waals surface area (Å²) >= 11 is 0. The highest BCUT2D eigenvalue weighted by atomic mass is 16.5. The minimum atomic E-state index is -0.380. The number of benzene rings is 2. The molecule has 0 radical (unpaired) electrons. The smallest absolute Gasteiger partial charge is 0.323 e. The van der Waals surface area contributed by atoms with E-state index in [9.17, 15) is 9.59 Å². The number of rotatable bonds is 5. The minimum absolute atomic E-state index is 0.149. The highest BCUT2D eigenvalue weighted by molar-refractivity contribution is 5.95. The van der Waals surface area contributed by atoms with Crippen LogP contribution in [0.1, 0.15) is 22.5 Å². The maximum atomic E-state index is 12.7. The lowest BCUT2D eigenvalue weighted by molar-refractivity contribution is -0.146. The number of aromatic nitrogens is 1. The SMILES string of the molecule is COC(=O)[C@@H]1C[C@H](NC(=O)c2ccc3ccccc3n2)CN1Cc1ccccc1. The van der Waals surface area contributed by atoms with E-state index in [0.29, 0.717) is 25.2 Å². The number of esters is 1. The lowest BCUT2D eigenvalue weighted by Crippen LogP contribution is -2.38. The fourth-order valence-electron chi connectivity index (χ4n) is 3.83. The second kappa shape index (κ2) is 8.41. The van der Waals surface area contributed by atoms with Gasteiger partial charge in [-0.15, -0.1) is 0 Å². The van der Waals surface area contributed by atoms with Crippen LogP contribution in [0.4, 0.5) is 0 Å². The summed E-state index contributed by atoms with van der Waals surface area (Å²) in [5.74, 6) is -0.507. The summed E-state index contributed by atoms with van der Waals surface area (Å²) in [7, 11) is 1.40. The Morgan fingerprint density at radius 1 is 1.07 bits per heavy atom. The van der Waals surface area contributed by atoms with Gasteiger partial charge >= 0.3 is 5.97 Å². The predicted octanol–water partition coefficient (Wildman–Crippen LogP) is 2.78. The Morgan fingerprint density at radius 2 is 1.83 bits per heavy atom. The van der Waals surface area contributed by atoms with E-state index in [4.69, 9.17) is 4.74 Å². The highest BCUT2D eigenvalue weighted by Crippen LogP contribution is 2.22. The van der Waals surface area contributed by atoms with Crippen molar-refractivity contribution >= 4 is 22.8 Å². The Kier molecular flexibility index (Phi) is 5.53. The zero-order valence-electron chi connectivity index (χ0n) is 16.2. The van der Waals surface area contributed by atoms with E-state index in [1.54, 1.807) is 6.07 Å². The fraction of sp³-hybridized carbons (Fsp3) is 0.261. The quantitative estimate of drug-likeness (QED) is 0.680. The number of nitrogens with zero attached hydrogens (tertiary/aromatic N) is 2. The molecular weight excluding hydrogens is 366 g/mol. The first-order valence-corrected chi connectivity index (χ1v) is 9.66. The molecule has 0 aliphatic carbocycles. The number of hydrogen-bond acceptors (Lipinski definition) is 5. The molecule has 4 rings (SSSR count). The second-order valence-electron chi connectivity index (χ2n) is 7.25. The zero-order chi connectivity index (χ0) is 20.2. The van der Waals surface area contributed by atoms with Crippen molar-refractivity contribution in [2.75, 3.05) is 13.7 Å². The molecule has 6 nitrogen and oxygen atoms in total. The Hall–Kier alpha value is -3.25. The normalized spacial score (nSPS) is 19.2. The number of para-hydroxylation sites is 1. The third-order valence-corrected chi connectivity index (χ3v) is 5.27. The Morgan fingerprint density at radius 3 is 2.62 bits per heavy atom. The monoisotopic (exact) mass is 389 g/mol. The molecule has 2 heterocycles. The van der Waals surface area contributed by atoms with Crippen LogP contribution in [-0.2, 0) is 16.1 Å². The van der Waals surface area contributed by atoms with E-state index in [0.717, 1.165) is 16.5 Å². The predicted molar refractivity (Wildman–Crippen MR) is 110 cm³/mol. The molecule has 1 aliphatic rings. The molecule has 1 N–H and O–H groups in total. The number of carbonyl (C=O) groups excluding carboxylic acids is 2. The van der Waals surface area contributed by atoms with Gasteiger partial charge in [-0.25, -0.2) is 4.98 Å². The Bertz CT molecular complexity index is 1020. The summed E-state index contributed by atoms with van der Waals surface area (Å²) in [5.41, 5.74) is 2.27. The van der Waals surface area contributed by atoms with Gasteiger partial charge in [0.2, 0.25) is 0 Å². The Labute approximate surface area is 169 Å². The van der Waals surface area contributed by atoms with E-state index in [1.165, 1.54) is 7.11 Å². The zero-order valence-corrected chi connectivity index (χ0v) is 16.2. The van der Waals surface area contributed by atoms with Crippen LogP contribution in [0.15, 0.2) is 66.7 Å². The van der Waals surface area contributed by atoms with Crippen molar-refractivity contribution in [3.05, 3.63) is 78.0 Å². The van der Waals surface area contributed by atoms with Gasteiger partial charge < -0.3 is 10.1 Å². The molecule has 1 fully saturated rings. The van der Waals surface area contributed by atoms with Crippen molar-refractivity contribution in [2.24, 2.45) is 0 Å². The lowest BCUT2D eigenvalue weighted by Gasteiger charge is -2.22. The number of methoxy groups -OCH3 is 1. The third-order valence-electron chi connectivity index (χ3n) is 5.27. The highest BCUT2D eigenvalue weighted by Gasteiger charge is 2.38. The van der Waals surface area contributed by atoms with Crippen molar-refractivity contribution in [2.45, 2.75) is 25.0 Å². The van der Waals surface area contributed by atoms with E-state index in [-0.39, 0.29) is 24.0 Å². The number of pyridine rings is 1. The van der Waals surface area contributed by atoms with Gasteiger partial charge in [-0.3, -0.25) is 14.5 Å². The van der Waals surface area contributed by atoms with Gasteiger partial charge in [-0.1, -0.05) is 54.6 Å². The molecule has 2 atom stereocenters. The number of hydrogen-bond donors (Lipinski definition) is 1. The van der Waals surface area contributed by atoms with Crippen molar-refractivity contribution in [3.8, 4) is 0 Å². The van der Waals surface area contributed by atoms with Crippen LogP contribution in [0.2, 0.25) is 0 Å². The van der Waals surface area contributed by atoms with Gasteiger partial charge in [0.05, 0.1) is 12.6 Å². The number of nitrogens with one attached hydrogen (secondary N) is 1. The summed E-state index contributed by atoms with van der Waals surface area (Å²) in [5, 5.41) is 4.02. The van der Waals surface area contributed by atoms with E-state index >= 15 is 0 Å². The van der Waals surface area contributed by atoms with Crippen LogP contribution < -0.4 is 5.32 Å². The van der Waals surface area contributed by atoms with Crippen molar-refractivity contribution < 1.29 is 14.3 Å². The second-order valence-corrected chi connectivity index (χ2v) is 7.25. The average molecular weight is 389 g/mol. The number of ether oxygens (including phenoxy) is 1. The standard InChI is InChI=1S/C23H23N3O3/c1-29-23(28)21-13-18(15-26(21)14-16-7-3-2-4-8-16)24-22(27)20-12-11-17-9-5-6-10-19(17)25-20/h2-12,18,21H,13-15H2,1H3,(H,24,27)/t18-,21-/m0/s1. The molecule has 1 saturated heterocycles. The molecule has 1 aliphatic heterocycles. The largest absolute Gasteiger partial charge is 0.468 e. The summed E-state index contributed by atoms with van der Waals surface area (Å²) in [6.07, 6.45) is 0.513. The minimum Gasteiger partial charge on any atom is -0.468 e. The van der Waals surface area contributed by atoms with E-state index in [2.05, 4.69) is 15.2 Å². The molecule has 148 valence electrons. The summed E-state index contributed by atoms with van der Waals surface area (Å²) in [4.78, 5) is 31.5. The molecule has 1 aromatic heterocycles. The first-order valence-electron chi connectivity index (χ1n) is 9.66. The molecular formula is C23H23N3O3. The van der Waals surface area contributed by atoms with Gasteiger partial charge in [0.1, 0.15) is 11.7 Å². The fourth-order valence-corrected chi connectivity index (χ4v) is 3.83. The summed E-state index contributed by atoms with van der Waals surface area (Å²) < 4.78 is 4.98. The topological polar surface area (TPSA) is 71.5 Å². The number of fused-ring (bicyclic) bond motifs is 1. The van der Waals surface area contributed by atoms with Crippen molar-refractivity contribution in [1.82, 2.24) is 15.2 Å². The maximum Gasteiger partial charge on any atom is 0.323 e. The number of amides is 1. The van der Waals surface area contributed by atoms with E-state index in [1.807, 2.05) is 60.7 Å². The van der Waals surface area contributed by atoms with Crippen molar-refractivity contribution in [3.63, 3.8) is 0 Å². The van der Waals surface area contributed by atoms with Gasteiger partial charge in [0.15, 0.2) is 0 Å². The first-order chi connectivity index (χ1) is 14.1. The first kappa shape index (κ1) is 19.1. The number of likely N-dealkylation sites (tertiary alicyclic amines) is 1. The number of carbonyl (C=O) groups is 2. The summed E-state index contributed by atoms with van der Waals surface area (Å²) in [6, 6.07) is 20.7. The molecule has 2 aromatic carbocycles. The van der Waals surface area contributed by atoms with Gasteiger partial charge in [-0.2, -0.15) is 0 Å². The molecule has 1 amide bonds. The molecule has 29 heavy (non-hydrogen) atoms. The molecule has 0 unspecified atom stereocenters. The third kappa shape index (κ3) is 4.27. The molecule has 0 spiro atoms.